The van der Waals surface area contributed by atoms with Crippen molar-refractivity contribution in [2.24, 2.45) is 0 Å². The van der Waals surface area contributed by atoms with Gasteiger partial charge in [-0.05, 0) is 64.5 Å². The average molecular weight is 336 g/mol. The molecule has 3 heteroatoms. The van der Waals surface area contributed by atoms with Crippen LogP contribution in [-0.4, -0.2) is 6.54 Å². The first kappa shape index (κ1) is 13.3. The molecular weight excluding hydrogens is 318 g/mol. The number of rotatable bonds is 5. The number of nitrogens with one attached hydrogen (secondary N) is 1. The SMILES string of the molecule is CCNC(CC1Cc2ccccc21)c1ccc(Br)s1. The number of halogens is 1. The van der Waals surface area contributed by atoms with E-state index in [0.717, 1.165) is 12.5 Å². The van der Waals surface area contributed by atoms with Crippen LogP contribution in [0.15, 0.2) is 40.2 Å². The first-order chi connectivity index (χ1) is 9.28. The third kappa shape index (κ3) is 2.78. The Morgan fingerprint density at radius 1 is 1.32 bits per heavy atom. The fourth-order valence-corrected chi connectivity index (χ4v) is 4.43. The molecule has 3 rings (SSSR count). The van der Waals surface area contributed by atoms with Crippen molar-refractivity contribution in [1.29, 1.82) is 0 Å². The van der Waals surface area contributed by atoms with Gasteiger partial charge in [0.2, 0.25) is 0 Å². The van der Waals surface area contributed by atoms with Crippen LogP contribution in [0, 0.1) is 0 Å². The van der Waals surface area contributed by atoms with Gasteiger partial charge in [-0.25, -0.2) is 0 Å². The number of hydrogen-bond acceptors (Lipinski definition) is 2. The summed E-state index contributed by atoms with van der Waals surface area (Å²) in [5.74, 6) is 0.723. The Balaban J connectivity index is 1.73. The molecule has 0 spiro atoms. The molecule has 0 saturated heterocycles. The van der Waals surface area contributed by atoms with Crippen LogP contribution in [0.2, 0.25) is 0 Å². The van der Waals surface area contributed by atoms with Gasteiger partial charge in [-0.15, -0.1) is 11.3 Å². The van der Waals surface area contributed by atoms with Gasteiger partial charge in [0, 0.05) is 10.9 Å². The topological polar surface area (TPSA) is 12.0 Å². The summed E-state index contributed by atoms with van der Waals surface area (Å²) in [4.78, 5) is 1.44. The smallest absolute Gasteiger partial charge is 0.0701 e. The number of benzene rings is 1. The Hall–Kier alpha value is -0.640. The van der Waals surface area contributed by atoms with Crippen LogP contribution in [-0.2, 0) is 6.42 Å². The fraction of sp³-hybridized carbons (Fsp3) is 0.375. The van der Waals surface area contributed by atoms with Gasteiger partial charge >= 0.3 is 0 Å². The third-order valence-corrected chi connectivity index (χ3v) is 5.61. The molecule has 0 fully saturated rings. The molecule has 100 valence electrons. The van der Waals surface area contributed by atoms with Crippen molar-refractivity contribution in [3.05, 3.63) is 56.2 Å². The van der Waals surface area contributed by atoms with Gasteiger partial charge < -0.3 is 5.32 Å². The van der Waals surface area contributed by atoms with Crippen molar-refractivity contribution < 1.29 is 0 Å². The quantitative estimate of drug-likeness (QED) is 0.820. The molecule has 2 aromatic rings. The molecule has 1 aliphatic carbocycles. The van der Waals surface area contributed by atoms with Crippen molar-refractivity contribution in [1.82, 2.24) is 5.32 Å². The molecule has 1 aromatic carbocycles. The summed E-state index contributed by atoms with van der Waals surface area (Å²) in [5, 5.41) is 3.63. The Morgan fingerprint density at radius 2 is 2.16 bits per heavy atom. The van der Waals surface area contributed by atoms with E-state index in [-0.39, 0.29) is 0 Å². The zero-order valence-electron chi connectivity index (χ0n) is 11.0. The minimum atomic E-state index is 0.486. The fourth-order valence-electron chi connectivity index (χ4n) is 2.92. The van der Waals surface area contributed by atoms with E-state index >= 15 is 0 Å². The first-order valence-corrected chi connectivity index (χ1v) is 8.45. The highest BCUT2D eigenvalue weighted by Crippen LogP contribution is 2.42. The third-order valence-electron chi connectivity index (χ3n) is 3.87. The highest BCUT2D eigenvalue weighted by molar-refractivity contribution is 9.11. The summed E-state index contributed by atoms with van der Waals surface area (Å²) in [6.07, 6.45) is 2.45. The van der Waals surface area contributed by atoms with Gasteiger partial charge in [-0.1, -0.05) is 31.2 Å². The molecule has 2 atom stereocenters. The van der Waals surface area contributed by atoms with E-state index in [1.807, 2.05) is 11.3 Å². The van der Waals surface area contributed by atoms with Gasteiger partial charge in [0.15, 0.2) is 0 Å². The van der Waals surface area contributed by atoms with Gasteiger partial charge in [-0.2, -0.15) is 0 Å². The van der Waals surface area contributed by atoms with Crippen molar-refractivity contribution in [3.63, 3.8) is 0 Å². The second-order valence-corrected chi connectivity index (χ2v) is 7.58. The highest BCUT2D eigenvalue weighted by Gasteiger charge is 2.28. The minimum Gasteiger partial charge on any atom is -0.310 e. The molecule has 0 amide bonds. The lowest BCUT2D eigenvalue weighted by atomic mass is 9.74. The van der Waals surface area contributed by atoms with E-state index in [0.29, 0.717) is 6.04 Å². The largest absolute Gasteiger partial charge is 0.310 e. The Kier molecular flexibility index (Phi) is 4.06. The van der Waals surface area contributed by atoms with Crippen molar-refractivity contribution in [2.75, 3.05) is 6.54 Å². The average Bonchev–Trinajstić information content (AvgIpc) is 2.81. The van der Waals surface area contributed by atoms with Crippen LogP contribution in [0.25, 0.3) is 0 Å². The van der Waals surface area contributed by atoms with E-state index in [1.54, 1.807) is 5.56 Å². The molecular formula is C16H18BrNS. The maximum atomic E-state index is 3.63. The van der Waals surface area contributed by atoms with Gasteiger partial charge in [0.05, 0.1) is 3.79 Å². The van der Waals surface area contributed by atoms with E-state index in [9.17, 15) is 0 Å². The van der Waals surface area contributed by atoms with Crippen LogP contribution >= 0.6 is 27.3 Å². The standard InChI is InChI=1S/C16H18BrNS/c1-2-18-14(15-7-8-16(17)19-15)10-12-9-11-5-3-4-6-13(11)12/h3-8,12,14,18H,2,9-10H2,1H3. The summed E-state index contributed by atoms with van der Waals surface area (Å²) in [7, 11) is 0. The summed E-state index contributed by atoms with van der Waals surface area (Å²) in [6.45, 7) is 3.21. The van der Waals surface area contributed by atoms with Crippen molar-refractivity contribution in [3.8, 4) is 0 Å². The molecule has 0 radical (unpaired) electrons. The summed E-state index contributed by atoms with van der Waals surface area (Å²) >= 11 is 5.41. The Labute approximate surface area is 127 Å². The van der Waals surface area contributed by atoms with Crippen molar-refractivity contribution in [2.45, 2.75) is 31.7 Å². The molecule has 0 aliphatic heterocycles. The molecule has 19 heavy (non-hydrogen) atoms. The van der Waals surface area contributed by atoms with Crippen LogP contribution < -0.4 is 5.32 Å². The Morgan fingerprint density at radius 3 is 2.84 bits per heavy atom. The molecule has 1 N–H and O–H groups in total. The number of fused-ring (bicyclic) bond motifs is 1. The number of hydrogen-bond donors (Lipinski definition) is 1. The van der Waals surface area contributed by atoms with E-state index in [4.69, 9.17) is 0 Å². The van der Waals surface area contributed by atoms with E-state index in [1.165, 1.54) is 27.1 Å². The van der Waals surface area contributed by atoms with Crippen LogP contribution in [0.1, 0.15) is 41.3 Å². The monoisotopic (exact) mass is 335 g/mol. The zero-order chi connectivity index (χ0) is 13.2. The van der Waals surface area contributed by atoms with Gasteiger partial charge in [0.25, 0.3) is 0 Å². The lowest BCUT2D eigenvalue weighted by molar-refractivity contribution is 0.440. The Bertz CT molecular complexity index is 563. The lowest BCUT2D eigenvalue weighted by Gasteiger charge is -2.33. The van der Waals surface area contributed by atoms with Gasteiger partial charge in [0.1, 0.15) is 0 Å². The zero-order valence-corrected chi connectivity index (χ0v) is 13.4. The second kappa shape index (κ2) is 5.78. The maximum absolute atomic E-state index is 3.63. The molecule has 1 nitrogen and oxygen atoms in total. The minimum absolute atomic E-state index is 0.486. The molecule has 1 aliphatic rings. The van der Waals surface area contributed by atoms with E-state index < -0.39 is 0 Å². The lowest BCUT2D eigenvalue weighted by Crippen LogP contribution is -2.26. The summed E-state index contributed by atoms with van der Waals surface area (Å²) in [6, 6.07) is 13.7. The maximum Gasteiger partial charge on any atom is 0.0701 e. The van der Waals surface area contributed by atoms with Crippen molar-refractivity contribution >= 4 is 27.3 Å². The molecule has 1 aromatic heterocycles. The molecule has 0 saturated carbocycles. The first-order valence-electron chi connectivity index (χ1n) is 6.84. The van der Waals surface area contributed by atoms with Crippen LogP contribution in [0.4, 0.5) is 0 Å². The summed E-state index contributed by atoms with van der Waals surface area (Å²) in [5.41, 5.74) is 3.09. The van der Waals surface area contributed by atoms with E-state index in [2.05, 4.69) is 64.6 Å². The van der Waals surface area contributed by atoms with Crippen LogP contribution in [0.5, 0.6) is 0 Å². The molecule has 1 heterocycles. The molecule has 0 bridgehead atoms. The second-order valence-electron chi connectivity index (χ2n) is 5.09. The number of thiophene rings is 1. The predicted molar refractivity (Wildman–Crippen MR) is 85.9 cm³/mol. The van der Waals surface area contributed by atoms with Crippen LogP contribution in [0.3, 0.4) is 0 Å². The highest BCUT2D eigenvalue weighted by atomic mass is 79.9. The molecule has 2 unspecified atom stereocenters. The van der Waals surface area contributed by atoms with Gasteiger partial charge in [-0.3, -0.25) is 0 Å². The normalized spacial score (nSPS) is 18.7. The predicted octanol–water partition coefficient (Wildman–Crippen LogP) is 4.89. The summed E-state index contributed by atoms with van der Waals surface area (Å²) < 4.78 is 1.22.